The molecule has 10 nitrogen and oxygen atoms in total. The van der Waals surface area contributed by atoms with E-state index in [4.69, 9.17) is 5.11 Å². The third kappa shape index (κ3) is 7.88. The fourth-order valence-electron chi connectivity index (χ4n) is 2.97. The lowest BCUT2D eigenvalue weighted by molar-refractivity contribution is 0.102. The Labute approximate surface area is 187 Å². The van der Waals surface area contributed by atoms with Gasteiger partial charge in [0.1, 0.15) is 5.69 Å². The second-order valence-electron chi connectivity index (χ2n) is 7.40. The van der Waals surface area contributed by atoms with Crippen LogP contribution in [0.1, 0.15) is 29.4 Å². The average Bonchev–Trinajstić information content (AvgIpc) is 2.74. The van der Waals surface area contributed by atoms with Crippen molar-refractivity contribution in [3.63, 3.8) is 0 Å². The number of aromatic nitrogens is 1. The van der Waals surface area contributed by atoms with Crippen LogP contribution in [0.3, 0.4) is 0 Å². The molecule has 32 heavy (non-hydrogen) atoms. The Kier molecular flexibility index (Phi) is 9.43. The molecule has 0 aliphatic carbocycles. The van der Waals surface area contributed by atoms with Crippen molar-refractivity contribution in [2.24, 2.45) is 0 Å². The van der Waals surface area contributed by atoms with Crippen molar-refractivity contribution in [3.8, 4) is 0 Å². The van der Waals surface area contributed by atoms with E-state index >= 15 is 0 Å². The third-order valence-electron chi connectivity index (χ3n) is 4.50. The predicted molar refractivity (Wildman–Crippen MR) is 123 cm³/mol. The van der Waals surface area contributed by atoms with Gasteiger partial charge in [-0.3, -0.25) is 15.1 Å². The second-order valence-corrected chi connectivity index (χ2v) is 7.40. The summed E-state index contributed by atoms with van der Waals surface area (Å²) in [6, 6.07) is 9.67. The number of para-hydroxylation sites is 2. The van der Waals surface area contributed by atoms with Gasteiger partial charge in [-0.05, 0) is 57.7 Å². The molecule has 0 fully saturated rings. The van der Waals surface area contributed by atoms with Gasteiger partial charge < -0.3 is 25.5 Å². The van der Waals surface area contributed by atoms with E-state index in [9.17, 15) is 14.4 Å². The maximum atomic E-state index is 12.6. The Morgan fingerprint density at radius 1 is 1.00 bits per heavy atom. The van der Waals surface area contributed by atoms with Crippen molar-refractivity contribution in [3.05, 3.63) is 53.9 Å². The van der Waals surface area contributed by atoms with Gasteiger partial charge in [-0.2, -0.15) is 0 Å². The summed E-state index contributed by atoms with van der Waals surface area (Å²) in [5.41, 5.74) is 1.57. The second kappa shape index (κ2) is 12.3. The molecule has 172 valence electrons. The molecule has 0 radical (unpaired) electrons. The Morgan fingerprint density at radius 2 is 1.69 bits per heavy atom. The smallest absolute Gasteiger partial charge is 0.409 e. The molecule has 0 atom stereocenters. The van der Waals surface area contributed by atoms with Gasteiger partial charge in [-0.1, -0.05) is 18.2 Å². The number of carbonyl (C=O) groups is 3. The van der Waals surface area contributed by atoms with Crippen LogP contribution in [0, 0.1) is 0 Å². The van der Waals surface area contributed by atoms with Crippen LogP contribution in [0.15, 0.2) is 42.6 Å². The van der Waals surface area contributed by atoms with Gasteiger partial charge >= 0.3 is 12.1 Å². The van der Waals surface area contributed by atoms with Crippen LogP contribution in [0.2, 0.25) is 0 Å². The monoisotopic (exact) mass is 442 g/mol. The number of hydrogen-bond acceptors (Lipinski definition) is 5. The summed E-state index contributed by atoms with van der Waals surface area (Å²) in [6.07, 6.45) is 1.17. The van der Waals surface area contributed by atoms with Gasteiger partial charge in [0.15, 0.2) is 0 Å². The largest absolute Gasteiger partial charge is 0.465 e. The lowest BCUT2D eigenvalue weighted by Crippen LogP contribution is -2.40. The summed E-state index contributed by atoms with van der Waals surface area (Å²) in [4.78, 5) is 43.9. The minimum atomic E-state index is -1.23. The lowest BCUT2D eigenvalue weighted by Gasteiger charge is -2.23. The molecule has 0 aliphatic heterocycles. The summed E-state index contributed by atoms with van der Waals surface area (Å²) < 4.78 is 0. The molecule has 0 saturated carbocycles. The number of amides is 4. The van der Waals surface area contributed by atoms with E-state index in [1.807, 2.05) is 21.0 Å². The molecule has 10 heteroatoms. The minimum Gasteiger partial charge on any atom is -0.465 e. The zero-order valence-corrected chi connectivity index (χ0v) is 18.6. The number of nitrogens with one attached hydrogen (secondary N) is 3. The Morgan fingerprint density at radius 3 is 2.25 bits per heavy atom. The molecule has 1 aromatic heterocycles. The van der Waals surface area contributed by atoms with E-state index in [0.29, 0.717) is 25.3 Å². The van der Waals surface area contributed by atoms with Crippen LogP contribution in [-0.4, -0.2) is 71.7 Å². The quantitative estimate of drug-likeness (QED) is 0.448. The number of carboxylic acid groups (broad SMARTS) is 1. The van der Waals surface area contributed by atoms with Gasteiger partial charge in [0, 0.05) is 25.8 Å². The topological polar surface area (TPSA) is 127 Å². The number of pyridine rings is 1. The number of hydrogen-bond donors (Lipinski definition) is 4. The van der Waals surface area contributed by atoms with E-state index in [1.165, 1.54) is 0 Å². The first-order valence-corrected chi connectivity index (χ1v) is 10.3. The Hall–Kier alpha value is -3.66. The van der Waals surface area contributed by atoms with E-state index in [0.717, 1.165) is 18.5 Å². The van der Waals surface area contributed by atoms with E-state index < -0.39 is 12.0 Å². The highest BCUT2D eigenvalue weighted by Crippen LogP contribution is 2.21. The molecule has 0 aliphatic rings. The summed E-state index contributed by atoms with van der Waals surface area (Å²) in [5, 5.41) is 16.6. The fraction of sp³-hybridized carbons (Fsp3) is 0.364. The molecular formula is C22H30N6O4. The normalized spacial score (nSPS) is 10.5. The van der Waals surface area contributed by atoms with Crippen LogP contribution >= 0.6 is 0 Å². The molecule has 2 rings (SSSR count). The maximum Gasteiger partial charge on any atom is 0.409 e. The molecule has 0 bridgehead atoms. The molecule has 0 saturated heterocycles. The first-order chi connectivity index (χ1) is 15.3. The summed E-state index contributed by atoms with van der Waals surface area (Å²) >= 11 is 0. The molecular weight excluding hydrogens is 412 g/mol. The van der Waals surface area contributed by atoms with Crippen molar-refractivity contribution in [1.29, 1.82) is 0 Å². The Balaban J connectivity index is 2.05. The van der Waals surface area contributed by atoms with E-state index in [1.54, 1.807) is 47.5 Å². The number of rotatable bonds is 10. The molecule has 2 aromatic rings. The van der Waals surface area contributed by atoms with Gasteiger partial charge in [-0.15, -0.1) is 0 Å². The summed E-state index contributed by atoms with van der Waals surface area (Å²) in [7, 11) is 3.97. The average molecular weight is 443 g/mol. The highest BCUT2D eigenvalue weighted by atomic mass is 16.4. The summed E-state index contributed by atoms with van der Waals surface area (Å²) in [5.74, 6) is -0.470. The predicted octanol–water partition coefficient (Wildman–Crippen LogP) is 2.91. The number of benzene rings is 1. The highest BCUT2D eigenvalue weighted by molar-refractivity contribution is 6.05. The van der Waals surface area contributed by atoms with Gasteiger partial charge in [-0.25, -0.2) is 9.59 Å². The van der Waals surface area contributed by atoms with E-state index in [2.05, 4.69) is 25.8 Å². The van der Waals surface area contributed by atoms with Crippen molar-refractivity contribution in [2.75, 3.05) is 44.4 Å². The number of anilines is 2. The van der Waals surface area contributed by atoms with Gasteiger partial charge in [0.25, 0.3) is 5.91 Å². The van der Waals surface area contributed by atoms with Crippen LogP contribution in [0.4, 0.5) is 21.0 Å². The van der Waals surface area contributed by atoms with Crippen LogP contribution in [-0.2, 0) is 6.54 Å². The first-order valence-electron chi connectivity index (χ1n) is 10.3. The van der Waals surface area contributed by atoms with Crippen molar-refractivity contribution < 1.29 is 19.5 Å². The number of carbonyl (C=O) groups excluding carboxylic acids is 2. The number of urea groups is 1. The lowest BCUT2D eigenvalue weighted by atomic mass is 10.2. The SMILES string of the molecule is CCNC(=O)N(CCCN(C)C)Cc1ccc(C(=O)Nc2ccccc2NC(=O)O)nc1. The van der Waals surface area contributed by atoms with Gasteiger partial charge in [0.05, 0.1) is 11.4 Å². The maximum absolute atomic E-state index is 12.6. The minimum absolute atomic E-state index is 0.143. The summed E-state index contributed by atoms with van der Waals surface area (Å²) in [6.45, 7) is 4.25. The Bertz CT molecular complexity index is 917. The molecule has 1 aromatic carbocycles. The van der Waals surface area contributed by atoms with E-state index in [-0.39, 0.29) is 17.4 Å². The van der Waals surface area contributed by atoms with Crippen LogP contribution in [0.25, 0.3) is 0 Å². The zero-order valence-electron chi connectivity index (χ0n) is 18.6. The standard InChI is InChI=1S/C22H30N6O4/c1-4-23-21(30)28(13-7-12-27(2)3)15-16-10-11-19(24-14-16)20(29)25-17-8-5-6-9-18(17)26-22(31)32/h5-6,8-11,14,26H,4,7,12-13,15H2,1-3H3,(H,23,30)(H,25,29)(H,31,32). The fourth-order valence-corrected chi connectivity index (χ4v) is 2.97. The van der Waals surface area contributed by atoms with Crippen molar-refractivity contribution in [2.45, 2.75) is 19.9 Å². The highest BCUT2D eigenvalue weighted by Gasteiger charge is 2.15. The molecule has 4 amide bonds. The molecule has 4 N–H and O–H groups in total. The van der Waals surface area contributed by atoms with Crippen molar-refractivity contribution in [1.82, 2.24) is 20.1 Å². The zero-order chi connectivity index (χ0) is 23.5. The van der Waals surface area contributed by atoms with Crippen LogP contribution < -0.4 is 16.0 Å². The molecule has 0 unspecified atom stereocenters. The van der Waals surface area contributed by atoms with Gasteiger partial charge in [0.2, 0.25) is 0 Å². The molecule has 1 heterocycles. The van der Waals surface area contributed by atoms with Crippen molar-refractivity contribution >= 4 is 29.4 Å². The third-order valence-corrected chi connectivity index (χ3v) is 4.50. The first kappa shape index (κ1) is 24.6. The number of nitrogens with zero attached hydrogens (tertiary/aromatic N) is 3. The molecule has 0 spiro atoms. The van der Waals surface area contributed by atoms with Crippen LogP contribution in [0.5, 0.6) is 0 Å².